The molecule has 22 N–H and O–H groups in total. The molecule has 7 aliphatic rings. The van der Waals surface area contributed by atoms with Gasteiger partial charge in [-0.2, -0.15) is 19.2 Å². The lowest BCUT2D eigenvalue weighted by Gasteiger charge is -2.50. The number of aliphatic hydroxyl groups excluding tert-OH is 21. The molecular formula is C62H108O39. The molecule has 7 saturated heterocycles. The average molecular weight is 1480 g/mol. The third-order valence-corrected chi connectivity index (χ3v) is 19.7. The van der Waals surface area contributed by atoms with Crippen LogP contribution in [0.1, 0.15) is 81.6 Å². The second-order valence-electron chi connectivity index (χ2n) is 27.3. The first-order valence-electron chi connectivity index (χ1n) is 33.4. The van der Waals surface area contributed by atoms with Gasteiger partial charge in [-0.3, -0.25) is 0 Å². The molecule has 0 bridgehead atoms. The van der Waals surface area contributed by atoms with Gasteiger partial charge in [0.25, 0.3) is 5.79 Å². The fraction of sp³-hybridized carbons (Fsp3) is 0.952. The highest BCUT2D eigenvalue weighted by atomic mass is 16.8. The van der Waals surface area contributed by atoms with Gasteiger partial charge >= 0.3 is 18.3 Å². The van der Waals surface area contributed by atoms with Crippen LogP contribution in [0, 0.1) is 41.4 Å². The number of aliphatic carboxylic acids is 1. The lowest BCUT2D eigenvalue weighted by atomic mass is 9.83. The summed E-state index contributed by atoms with van der Waals surface area (Å²) in [5, 5.41) is 228. The fourth-order valence-electron chi connectivity index (χ4n) is 13.6. The predicted molar refractivity (Wildman–Crippen MR) is 325 cm³/mol. The molecule has 590 valence electrons. The minimum atomic E-state index is -2.60. The normalized spacial score (nSPS) is 43.9. The number of carboxylic acid groups (broad SMARTS) is 1. The van der Waals surface area contributed by atoms with Crippen molar-refractivity contribution >= 4 is 18.3 Å². The zero-order valence-electron chi connectivity index (χ0n) is 57.4. The van der Waals surface area contributed by atoms with Gasteiger partial charge in [0.1, 0.15) is 110 Å². The van der Waals surface area contributed by atoms with E-state index in [9.17, 15) is 117 Å². The molecule has 0 amide bonds. The van der Waals surface area contributed by atoms with Crippen molar-refractivity contribution in [1.82, 2.24) is 0 Å². The summed E-state index contributed by atoms with van der Waals surface area (Å²) in [7, 11) is 0. The van der Waals surface area contributed by atoms with Crippen molar-refractivity contribution in [3.05, 3.63) is 0 Å². The average Bonchev–Trinajstić information content (AvgIpc) is 0.776. The zero-order chi connectivity index (χ0) is 76.6. The largest absolute Gasteiger partial charge is 0.477 e. The van der Waals surface area contributed by atoms with Gasteiger partial charge in [-0.15, -0.1) is 0 Å². The second-order valence-corrected chi connectivity index (χ2v) is 27.3. The van der Waals surface area contributed by atoms with Crippen molar-refractivity contribution in [2.75, 3.05) is 46.2 Å². The quantitative estimate of drug-likeness (QED) is 0.0382. The van der Waals surface area contributed by atoms with Crippen LogP contribution in [0.2, 0.25) is 0 Å². The molecule has 7 fully saturated rings. The van der Waals surface area contributed by atoms with Crippen LogP contribution in [0.25, 0.3) is 0 Å². The van der Waals surface area contributed by atoms with Crippen LogP contribution in [-0.2, 0) is 80.8 Å². The van der Waals surface area contributed by atoms with Crippen LogP contribution in [0.3, 0.4) is 0 Å². The van der Waals surface area contributed by atoms with Gasteiger partial charge in [-0.1, -0.05) is 62.3 Å². The number of hydrogen-bond donors (Lipinski definition) is 22. The van der Waals surface area contributed by atoms with Crippen molar-refractivity contribution in [1.29, 1.82) is 0 Å². The molecule has 0 aliphatic carbocycles. The number of carbonyl (C=O) groups is 1. The molecule has 39 nitrogen and oxygen atoms in total. The van der Waals surface area contributed by atoms with Crippen molar-refractivity contribution in [3.63, 3.8) is 0 Å². The Labute approximate surface area is 581 Å². The van der Waals surface area contributed by atoms with Gasteiger partial charge in [0.2, 0.25) is 0 Å². The summed E-state index contributed by atoms with van der Waals surface area (Å²) in [5.41, 5.74) is 0. The Bertz CT molecular complexity index is 2450. The van der Waals surface area contributed by atoms with Crippen molar-refractivity contribution < 1.29 is 193 Å². The molecule has 0 radical (unpaired) electrons. The summed E-state index contributed by atoms with van der Waals surface area (Å²) in [6.45, 7) is 10.5. The molecule has 11 unspecified atom stereocenters. The number of carbonyl (C=O) groups excluding carboxylic acids is 4. The third kappa shape index (κ3) is 22.1. The minimum absolute atomic E-state index is 0.0119. The summed E-state index contributed by atoms with van der Waals surface area (Å²) in [5.74, 6) is -7.82. The molecule has 0 saturated carbocycles. The molecule has 7 heterocycles. The van der Waals surface area contributed by atoms with Gasteiger partial charge in [-0.05, 0) is 11.8 Å². The van der Waals surface area contributed by atoms with E-state index in [2.05, 4.69) is 0 Å². The standard InChI is InChI=1S/C35H62O21.C25H46O14.2CO2/c1-12(2)28-15(5)30(26(46)21(51-28)11-50-35(34(48)49)7-17(40)14(4)31(56-35)24(44)19(42)9-37)55-33-27(47)32(25(45)20(10-38)52-33)54-22-6-16(39)13(3)29(53-22)23(43)18(41)8-36;1-9(2)21-11(4)23(18(32)14(7-27)35-21)39-25-20(34)24(19(33)15(8-28)36-25)38-16-5-12(29)10(3)22(37-16)17(31)13(30)6-26;2*2-1-3/h12-33,36-47H,6-11H2,1-5H3,(H,48,49);9-34H,5-8H2,1-4H3;;/t13-,14-,15?,16-,17-,18-,19-,20?,21?,22-,23-,24-,25+,26+,27?,28-,29?,30-,31?,32+,33+,35-;10-,11?,12-,13-,14?,15?,16-,17-,18+,19+,20?,21-,22?,23-,24+,25+;;/m11../s1. The van der Waals surface area contributed by atoms with E-state index in [0.717, 1.165) is 0 Å². The Balaban J connectivity index is 0.000000419. The molecule has 101 heavy (non-hydrogen) atoms. The van der Waals surface area contributed by atoms with Crippen LogP contribution >= 0.6 is 0 Å². The van der Waals surface area contributed by atoms with E-state index in [0.29, 0.717) is 0 Å². The monoisotopic (exact) mass is 1480 g/mol. The summed E-state index contributed by atoms with van der Waals surface area (Å²) in [6, 6.07) is 0. The Morgan fingerprint density at radius 1 is 0.426 bits per heavy atom. The Morgan fingerprint density at radius 3 is 1.08 bits per heavy atom. The van der Waals surface area contributed by atoms with E-state index >= 15 is 0 Å². The molecule has 0 spiro atoms. The van der Waals surface area contributed by atoms with Crippen LogP contribution in [-0.4, -0.2) is 379 Å². The van der Waals surface area contributed by atoms with Gasteiger partial charge in [0, 0.05) is 48.9 Å². The number of hydrogen-bond acceptors (Lipinski definition) is 38. The topological polar surface area (TPSA) is 641 Å². The molecule has 39 heteroatoms. The van der Waals surface area contributed by atoms with E-state index in [1.165, 1.54) is 6.92 Å². The molecule has 0 aromatic rings. The summed E-state index contributed by atoms with van der Waals surface area (Å²) >= 11 is 0. The molecule has 7 rings (SSSR count). The van der Waals surface area contributed by atoms with E-state index in [1.54, 1.807) is 27.7 Å². The predicted octanol–water partition coefficient (Wildman–Crippen LogP) is -9.99. The maximum absolute atomic E-state index is 12.6. The van der Waals surface area contributed by atoms with Crippen LogP contribution in [0.15, 0.2) is 0 Å². The zero-order valence-corrected chi connectivity index (χ0v) is 57.4. The lowest BCUT2D eigenvalue weighted by Crippen LogP contribution is -2.65. The lowest BCUT2D eigenvalue weighted by molar-refractivity contribution is -0.365. The second kappa shape index (κ2) is 41.3. The highest BCUT2D eigenvalue weighted by Gasteiger charge is 2.58. The van der Waals surface area contributed by atoms with Crippen molar-refractivity contribution in [3.8, 4) is 0 Å². The number of ether oxygens (including phenoxy) is 12. The summed E-state index contributed by atoms with van der Waals surface area (Å²) in [6.07, 6.45) is -44.5. The van der Waals surface area contributed by atoms with Crippen LogP contribution in [0.5, 0.6) is 0 Å². The SMILES string of the molecule is CC(C)[C@H]1OC(CO)[C@H](O)[C@H](O[C@@H]2OC(CO)[C@H](O)[C@H](O[C@@H]3C[C@@H](O)[C@@H](C)C([C@H](O)[C@H](O)CO)O3)C2O)C1C.CC(C)[C@H]1OC(CO[C@]2(C(=O)O)C[C@@H](O)[C@@H](C)C([C@H](O)[C@H](O)CO)O2)[C@H](O)[C@H](O[C@@H]2OC(CO)[C@H](O)[C@H](O[C@@H]3C[C@@H](O)[C@@H](C)C([C@H](O)[C@H](O)CO)O3)C2O)C1C.O=C=O.O=C=O. The first kappa shape index (κ1) is 90.3. The third-order valence-electron chi connectivity index (χ3n) is 19.7. The smallest absolute Gasteiger partial charge is 0.373 e. The van der Waals surface area contributed by atoms with Crippen molar-refractivity contribution in [2.45, 2.75) is 283 Å². The minimum Gasteiger partial charge on any atom is -0.477 e. The first-order chi connectivity index (χ1) is 47.4. The van der Waals surface area contributed by atoms with Crippen molar-refractivity contribution in [2.24, 2.45) is 41.4 Å². The first-order valence-corrected chi connectivity index (χ1v) is 33.4. The van der Waals surface area contributed by atoms with E-state index in [4.69, 9.17) is 76.0 Å². The molecule has 7 aliphatic heterocycles. The maximum Gasteiger partial charge on any atom is 0.373 e. The molecule has 0 aromatic heterocycles. The number of carboxylic acids is 1. The summed E-state index contributed by atoms with van der Waals surface area (Å²) < 4.78 is 70.3. The fourth-order valence-corrected chi connectivity index (χ4v) is 13.6. The van der Waals surface area contributed by atoms with E-state index < -0.39 is 284 Å². The number of rotatable bonds is 26. The van der Waals surface area contributed by atoms with Crippen LogP contribution in [0.4, 0.5) is 0 Å². The van der Waals surface area contributed by atoms with Gasteiger partial charge in [0.05, 0.1) is 107 Å². The van der Waals surface area contributed by atoms with Gasteiger partial charge < -0.3 is 169 Å². The highest BCUT2D eigenvalue weighted by molar-refractivity contribution is 5.76. The Morgan fingerprint density at radius 2 is 0.743 bits per heavy atom. The van der Waals surface area contributed by atoms with E-state index in [-0.39, 0.29) is 43.1 Å². The molecule has 38 atom stereocenters. The highest BCUT2D eigenvalue weighted by Crippen LogP contribution is 2.42. The maximum atomic E-state index is 12.6. The Hall–Kier alpha value is -3.09. The molecule has 0 aromatic carbocycles. The molecular weight excluding hydrogens is 1370 g/mol. The summed E-state index contributed by atoms with van der Waals surface area (Å²) in [4.78, 5) is 45.1. The van der Waals surface area contributed by atoms with Gasteiger partial charge in [-0.25, -0.2) is 4.79 Å². The number of aliphatic hydroxyl groups is 21. The van der Waals surface area contributed by atoms with E-state index in [1.807, 2.05) is 27.7 Å². The van der Waals surface area contributed by atoms with Crippen LogP contribution < -0.4 is 0 Å². The van der Waals surface area contributed by atoms with Gasteiger partial charge in [0.15, 0.2) is 25.2 Å². The Kier molecular flexibility index (Phi) is 36.9.